The van der Waals surface area contributed by atoms with E-state index in [1.54, 1.807) is 36.4 Å². The molecule has 0 saturated heterocycles. The molecule has 0 amide bonds. The summed E-state index contributed by atoms with van der Waals surface area (Å²) >= 11 is 0. The molecule has 0 aromatic heterocycles. The minimum absolute atomic E-state index is 0.0980. The van der Waals surface area contributed by atoms with Crippen LogP contribution in [-0.2, 0) is 18.7 Å². The van der Waals surface area contributed by atoms with Gasteiger partial charge in [-0.1, -0.05) is 99.6 Å². The molecule has 1 aliphatic heterocycles. The van der Waals surface area contributed by atoms with Crippen molar-refractivity contribution in [1.82, 2.24) is 0 Å². The van der Waals surface area contributed by atoms with Crippen LogP contribution in [-0.4, -0.2) is 33.0 Å². The van der Waals surface area contributed by atoms with E-state index in [0.717, 1.165) is 10.4 Å². The number of rotatable bonds is 8. The molecule has 36 heavy (non-hydrogen) atoms. The van der Waals surface area contributed by atoms with E-state index in [4.69, 9.17) is 13.9 Å². The zero-order valence-electron chi connectivity index (χ0n) is 20.7. The highest BCUT2D eigenvalue weighted by Crippen LogP contribution is 2.37. The molecule has 3 aromatic rings. The number of benzene rings is 3. The quantitative estimate of drug-likeness (QED) is 0.330. The first-order chi connectivity index (χ1) is 17.3. The molecule has 0 fully saturated rings. The van der Waals surface area contributed by atoms with Gasteiger partial charge in [-0.3, -0.25) is 0 Å². The second kappa shape index (κ2) is 10.9. The number of hydrogen-bond donors (Lipinski definition) is 0. The van der Waals surface area contributed by atoms with Crippen molar-refractivity contribution in [1.29, 1.82) is 0 Å². The van der Waals surface area contributed by atoms with Crippen LogP contribution in [0.1, 0.15) is 31.1 Å². The van der Waals surface area contributed by atoms with Crippen molar-refractivity contribution < 1.29 is 23.5 Å². The smallest absolute Gasteiger partial charge is 0.338 e. The van der Waals surface area contributed by atoms with Gasteiger partial charge >= 0.3 is 11.9 Å². The van der Waals surface area contributed by atoms with Gasteiger partial charge < -0.3 is 13.9 Å². The minimum Gasteiger partial charge on any atom is -0.452 e. The number of hydrogen-bond acceptors (Lipinski definition) is 5. The summed E-state index contributed by atoms with van der Waals surface area (Å²) in [6, 6.07) is 29.3. The lowest BCUT2D eigenvalue weighted by Crippen LogP contribution is -2.67. The summed E-state index contributed by atoms with van der Waals surface area (Å²) in [5.74, 6) is -0.601. The summed E-state index contributed by atoms with van der Waals surface area (Å²) in [6.07, 6.45) is 3.75. The number of allylic oxidation sites excluding steroid dienone is 1. The number of esters is 2. The Balaban J connectivity index is 1.71. The molecule has 0 unspecified atom stereocenters. The molecule has 184 valence electrons. The second-order valence-corrected chi connectivity index (χ2v) is 13.9. The Kier molecular flexibility index (Phi) is 7.67. The van der Waals surface area contributed by atoms with Crippen molar-refractivity contribution >= 4 is 30.6 Å². The summed E-state index contributed by atoms with van der Waals surface area (Å²) < 4.78 is 18.0. The number of carbonyl (C=O) groups is 2. The minimum atomic E-state index is -2.86. The molecule has 1 heterocycles. The molecular weight excluding hydrogens is 468 g/mol. The molecule has 0 radical (unpaired) electrons. The van der Waals surface area contributed by atoms with Gasteiger partial charge in [0.1, 0.15) is 11.9 Å². The summed E-state index contributed by atoms with van der Waals surface area (Å²) in [6.45, 7) is 6.65. The molecule has 4 rings (SSSR count). The van der Waals surface area contributed by atoms with Crippen molar-refractivity contribution in [2.45, 2.75) is 31.9 Å². The molecule has 0 aliphatic carbocycles. The lowest BCUT2D eigenvalue weighted by atomic mass is 10.2. The average molecular weight is 499 g/mol. The standard InChI is InChI=1S/C30H30O5Si/c1-30(2,3)36(26-15-9-5-10-16-26,27-17-11-6-12-18-27)33-22-25(21-24-19-20-28(31)34-24)35-29(32)23-13-7-4-8-14-23/h4-21,25H,22H2,1-3H3/b24-21-/t25-/m0/s1. The van der Waals surface area contributed by atoms with Crippen LogP contribution in [0.25, 0.3) is 0 Å². The average Bonchev–Trinajstić information content (AvgIpc) is 3.29. The largest absolute Gasteiger partial charge is 0.452 e. The first kappa shape index (κ1) is 25.4. The summed E-state index contributed by atoms with van der Waals surface area (Å²) in [4.78, 5) is 24.5. The molecule has 0 bridgehead atoms. The number of cyclic esters (lactones) is 1. The van der Waals surface area contributed by atoms with Gasteiger partial charge in [0.2, 0.25) is 0 Å². The first-order valence-corrected chi connectivity index (χ1v) is 13.8. The Bertz CT molecular complexity index is 1210. The van der Waals surface area contributed by atoms with Crippen molar-refractivity contribution in [3.8, 4) is 0 Å². The van der Waals surface area contributed by atoms with Crippen LogP contribution in [0.5, 0.6) is 0 Å². The van der Waals surface area contributed by atoms with Crippen LogP contribution >= 0.6 is 0 Å². The zero-order chi connectivity index (χ0) is 25.6. The van der Waals surface area contributed by atoms with Crippen LogP contribution < -0.4 is 10.4 Å². The van der Waals surface area contributed by atoms with Crippen molar-refractivity contribution in [3.05, 3.63) is 121 Å². The van der Waals surface area contributed by atoms with E-state index in [0.29, 0.717) is 11.3 Å². The van der Waals surface area contributed by atoms with Crippen LogP contribution in [0, 0.1) is 0 Å². The predicted molar refractivity (Wildman–Crippen MR) is 143 cm³/mol. The lowest BCUT2D eigenvalue weighted by Gasteiger charge is -2.43. The van der Waals surface area contributed by atoms with Crippen molar-refractivity contribution in [3.63, 3.8) is 0 Å². The first-order valence-electron chi connectivity index (χ1n) is 11.9. The summed E-state index contributed by atoms with van der Waals surface area (Å²) in [5, 5.41) is 2.00. The fourth-order valence-electron chi connectivity index (χ4n) is 4.47. The molecule has 5 nitrogen and oxygen atoms in total. The van der Waals surface area contributed by atoms with E-state index in [9.17, 15) is 9.59 Å². The highest BCUT2D eigenvalue weighted by Gasteiger charge is 2.50. The fourth-order valence-corrected chi connectivity index (χ4v) is 9.04. The van der Waals surface area contributed by atoms with Gasteiger partial charge in [-0.05, 0) is 33.6 Å². The van der Waals surface area contributed by atoms with Crippen LogP contribution in [0.2, 0.25) is 5.04 Å². The molecule has 0 spiro atoms. The van der Waals surface area contributed by atoms with Gasteiger partial charge in [0.05, 0.1) is 12.2 Å². The van der Waals surface area contributed by atoms with Crippen molar-refractivity contribution in [2.24, 2.45) is 0 Å². The lowest BCUT2D eigenvalue weighted by molar-refractivity contribution is -0.132. The molecule has 6 heteroatoms. The van der Waals surface area contributed by atoms with Crippen LogP contribution in [0.4, 0.5) is 0 Å². The maximum Gasteiger partial charge on any atom is 0.338 e. The molecule has 3 aromatic carbocycles. The second-order valence-electron chi connectivity index (χ2n) is 9.61. The van der Waals surface area contributed by atoms with Gasteiger partial charge in [0.15, 0.2) is 0 Å². The Labute approximate surface area is 213 Å². The summed E-state index contributed by atoms with van der Waals surface area (Å²) in [7, 11) is -2.86. The third-order valence-electron chi connectivity index (χ3n) is 6.10. The highest BCUT2D eigenvalue weighted by molar-refractivity contribution is 6.99. The molecule has 1 aliphatic rings. The van der Waals surface area contributed by atoms with Gasteiger partial charge in [0.25, 0.3) is 8.32 Å². The van der Waals surface area contributed by atoms with E-state index in [1.165, 1.54) is 6.08 Å². The number of carbonyl (C=O) groups excluding carboxylic acids is 2. The molecule has 0 N–H and O–H groups in total. The zero-order valence-corrected chi connectivity index (χ0v) is 21.7. The molecule has 0 saturated carbocycles. The highest BCUT2D eigenvalue weighted by atomic mass is 28.4. The molecular formula is C30H30O5Si. The van der Waals surface area contributed by atoms with E-state index in [1.807, 2.05) is 42.5 Å². The van der Waals surface area contributed by atoms with E-state index in [2.05, 4.69) is 45.0 Å². The predicted octanol–water partition coefficient (Wildman–Crippen LogP) is 4.79. The van der Waals surface area contributed by atoms with E-state index < -0.39 is 26.4 Å². The topological polar surface area (TPSA) is 61.8 Å². The van der Waals surface area contributed by atoms with E-state index >= 15 is 0 Å². The normalized spacial score (nSPS) is 15.5. The van der Waals surface area contributed by atoms with E-state index in [-0.39, 0.29) is 11.6 Å². The number of ether oxygens (including phenoxy) is 2. The maximum absolute atomic E-state index is 12.9. The Morgan fingerprint density at radius 1 is 0.861 bits per heavy atom. The monoisotopic (exact) mass is 498 g/mol. The van der Waals surface area contributed by atoms with Gasteiger partial charge in [0, 0.05) is 12.2 Å². The Morgan fingerprint density at radius 3 is 1.86 bits per heavy atom. The third-order valence-corrected chi connectivity index (χ3v) is 11.1. The fraction of sp³-hybridized carbons (Fsp3) is 0.200. The summed E-state index contributed by atoms with van der Waals surface area (Å²) in [5.41, 5.74) is 0.435. The van der Waals surface area contributed by atoms with Gasteiger partial charge in [-0.25, -0.2) is 9.59 Å². The van der Waals surface area contributed by atoms with Gasteiger partial charge in [-0.15, -0.1) is 0 Å². The van der Waals surface area contributed by atoms with Gasteiger partial charge in [-0.2, -0.15) is 0 Å². The Hall–Kier alpha value is -3.74. The molecule has 1 atom stereocenters. The van der Waals surface area contributed by atoms with Crippen LogP contribution in [0.3, 0.4) is 0 Å². The van der Waals surface area contributed by atoms with Crippen LogP contribution in [0.15, 0.2) is 115 Å². The van der Waals surface area contributed by atoms with Crippen molar-refractivity contribution in [2.75, 3.05) is 6.61 Å². The Morgan fingerprint density at radius 2 is 1.39 bits per heavy atom. The third kappa shape index (κ3) is 5.56. The maximum atomic E-state index is 12.9. The SMILES string of the molecule is CC(C)(C)[Si](OC[C@H](/C=C1/C=CC(=O)O1)OC(=O)c1ccccc1)(c1ccccc1)c1ccccc1.